The fourth-order valence-electron chi connectivity index (χ4n) is 0.925. The van der Waals surface area contributed by atoms with Gasteiger partial charge in [0, 0.05) is 17.9 Å². The van der Waals surface area contributed by atoms with Gasteiger partial charge < -0.3 is 11.1 Å². The minimum Gasteiger partial charge on any atom is -0.399 e. The zero-order chi connectivity index (χ0) is 10.6. The first-order chi connectivity index (χ1) is 6.47. The lowest BCUT2D eigenvalue weighted by Gasteiger charge is -2.04. The summed E-state index contributed by atoms with van der Waals surface area (Å²) < 4.78 is 29.2. The molecule has 6 heteroatoms. The molecule has 14 heavy (non-hydrogen) atoms. The largest absolute Gasteiger partial charge is 0.399 e. The first-order valence-electron chi connectivity index (χ1n) is 4.02. The fraction of sp³-hybridized carbons (Fsp3) is 0.250. The van der Waals surface area contributed by atoms with Crippen LogP contribution in [0, 0.1) is 0 Å². The van der Waals surface area contributed by atoms with Crippen molar-refractivity contribution in [2.45, 2.75) is 0 Å². The standard InChI is InChI=1S/C8H12N2O3S/c9-7-1-3-8(4-2-7)10-5-6-14(11,12)13/h1-4,10H,5-6,9H2,(H,11,12,13). The molecule has 5 nitrogen and oxygen atoms in total. The van der Waals surface area contributed by atoms with E-state index >= 15 is 0 Å². The van der Waals surface area contributed by atoms with E-state index in [1.165, 1.54) is 0 Å². The summed E-state index contributed by atoms with van der Waals surface area (Å²) in [6.07, 6.45) is 0. The molecule has 4 N–H and O–H groups in total. The molecule has 0 atom stereocenters. The number of nitrogen functional groups attached to an aromatic ring is 1. The molecule has 0 amide bonds. The second-order valence-electron chi connectivity index (χ2n) is 2.83. The van der Waals surface area contributed by atoms with Gasteiger partial charge in [0.1, 0.15) is 0 Å². The summed E-state index contributed by atoms with van der Waals surface area (Å²) in [5.41, 5.74) is 6.87. The van der Waals surface area contributed by atoms with Crippen LogP contribution in [-0.4, -0.2) is 25.3 Å². The first kappa shape index (κ1) is 10.8. The maximum atomic E-state index is 10.4. The molecule has 0 radical (unpaired) electrons. The van der Waals surface area contributed by atoms with Gasteiger partial charge in [0.15, 0.2) is 0 Å². The van der Waals surface area contributed by atoms with E-state index in [1.54, 1.807) is 24.3 Å². The van der Waals surface area contributed by atoms with E-state index in [9.17, 15) is 8.42 Å². The van der Waals surface area contributed by atoms with Gasteiger partial charge in [-0.15, -0.1) is 0 Å². The maximum absolute atomic E-state index is 10.4. The van der Waals surface area contributed by atoms with Gasteiger partial charge >= 0.3 is 0 Å². The van der Waals surface area contributed by atoms with Crippen LogP contribution >= 0.6 is 0 Å². The maximum Gasteiger partial charge on any atom is 0.266 e. The topological polar surface area (TPSA) is 92.4 Å². The monoisotopic (exact) mass is 216 g/mol. The first-order valence-corrected chi connectivity index (χ1v) is 5.63. The van der Waals surface area contributed by atoms with Crippen LogP contribution in [0.1, 0.15) is 0 Å². The number of rotatable bonds is 4. The number of nitrogens with one attached hydrogen (secondary N) is 1. The van der Waals surface area contributed by atoms with Crippen molar-refractivity contribution in [3.63, 3.8) is 0 Å². The van der Waals surface area contributed by atoms with Crippen molar-refractivity contribution in [1.29, 1.82) is 0 Å². The molecule has 0 saturated carbocycles. The fourth-order valence-corrected chi connectivity index (χ4v) is 1.29. The molecule has 0 aliphatic carbocycles. The predicted molar refractivity (Wildman–Crippen MR) is 55.8 cm³/mol. The molecule has 0 spiro atoms. The van der Waals surface area contributed by atoms with Crippen LogP contribution in [0.4, 0.5) is 11.4 Å². The van der Waals surface area contributed by atoms with E-state index in [-0.39, 0.29) is 12.3 Å². The third-order valence-electron chi connectivity index (χ3n) is 1.60. The van der Waals surface area contributed by atoms with Crippen molar-refractivity contribution in [2.24, 2.45) is 0 Å². The number of hydrogen-bond donors (Lipinski definition) is 3. The van der Waals surface area contributed by atoms with Crippen LogP contribution in [0.5, 0.6) is 0 Å². The Morgan fingerprint density at radius 2 is 1.86 bits per heavy atom. The van der Waals surface area contributed by atoms with E-state index in [0.29, 0.717) is 5.69 Å². The normalized spacial score (nSPS) is 11.2. The Morgan fingerprint density at radius 1 is 1.29 bits per heavy atom. The molecule has 0 aliphatic heterocycles. The molecule has 0 aliphatic rings. The van der Waals surface area contributed by atoms with Crippen LogP contribution in [0.15, 0.2) is 24.3 Å². The highest BCUT2D eigenvalue weighted by molar-refractivity contribution is 7.85. The van der Waals surface area contributed by atoms with Gasteiger partial charge in [0.05, 0.1) is 5.75 Å². The number of benzene rings is 1. The van der Waals surface area contributed by atoms with Crippen molar-refractivity contribution in [2.75, 3.05) is 23.3 Å². The third-order valence-corrected chi connectivity index (χ3v) is 2.32. The second-order valence-corrected chi connectivity index (χ2v) is 4.41. The van der Waals surface area contributed by atoms with Crippen LogP contribution in [0.2, 0.25) is 0 Å². The average Bonchev–Trinajstić information content (AvgIpc) is 2.06. The third kappa shape index (κ3) is 4.11. The summed E-state index contributed by atoms with van der Waals surface area (Å²) in [5, 5.41) is 2.83. The predicted octanol–water partition coefficient (Wildman–Crippen LogP) is 0.568. The van der Waals surface area contributed by atoms with Crippen LogP contribution in [0.25, 0.3) is 0 Å². The molecule has 0 heterocycles. The Hall–Kier alpha value is -1.27. The van der Waals surface area contributed by atoms with Crippen LogP contribution < -0.4 is 11.1 Å². The summed E-state index contributed by atoms with van der Waals surface area (Å²) >= 11 is 0. The molecular weight excluding hydrogens is 204 g/mol. The van der Waals surface area contributed by atoms with E-state index in [1.807, 2.05) is 0 Å². The van der Waals surface area contributed by atoms with Crippen LogP contribution in [-0.2, 0) is 10.1 Å². The summed E-state index contributed by atoms with van der Waals surface area (Å²) in [5.74, 6) is -0.308. The molecule has 0 aromatic heterocycles. The van der Waals surface area contributed by atoms with E-state index in [4.69, 9.17) is 10.3 Å². The number of anilines is 2. The average molecular weight is 216 g/mol. The lowest BCUT2D eigenvalue weighted by Crippen LogP contribution is -2.14. The zero-order valence-corrected chi connectivity index (χ0v) is 8.29. The Balaban J connectivity index is 2.43. The van der Waals surface area contributed by atoms with Gasteiger partial charge in [-0.2, -0.15) is 8.42 Å². The molecule has 78 valence electrons. The smallest absolute Gasteiger partial charge is 0.266 e. The van der Waals surface area contributed by atoms with Gasteiger partial charge in [-0.1, -0.05) is 0 Å². The SMILES string of the molecule is Nc1ccc(NCCS(=O)(=O)O)cc1. The highest BCUT2D eigenvalue weighted by Crippen LogP contribution is 2.09. The quantitative estimate of drug-likeness (QED) is 0.505. The summed E-state index contributed by atoms with van der Waals surface area (Å²) in [7, 11) is -3.89. The molecule has 0 saturated heterocycles. The van der Waals surface area contributed by atoms with Crippen molar-refractivity contribution in [3.8, 4) is 0 Å². The Kier molecular flexibility index (Phi) is 3.32. The van der Waals surface area contributed by atoms with Crippen molar-refractivity contribution in [1.82, 2.24) is 0 Å². The molecule has 1 aromatic rings. The number of nitrogens with two attached hydrogens (primary N) is 1. The van der Waals surface area contributed by atoms with E-state index < -0.39 is 10.1 Å². The van der Waals surface area contributed by atoms with Crippen molar-refractivity contribution < 1.29 is 13.0 Å². The summed E-state index contributed by atoms with van der Waals surface area (Å²) in [6.45, 7) is 0.169. The Bertz CT molecular complexity index is 386. The zero-order valence-electron chi connectivity index (χ0n) is 7.47. The van der Waals surface area contributed by atoms with Crippen molar-refractivity contribution in [3.05, 3.63) is 24.3 Å². The second kappa shape index (κ2) is 4.30. The molecule has 0 unspecified atom stereocenters. The van der Waals surface area contributed by atoms with Gasteiger partial charge in [-0.25, -0.2) is 0 Å². The summed E-state index contributed by atoms with van der Waals surface area (Å²) in [4.78, 5) is 0. The molecule has 0 bridgehead atoms. The van der Waals surface area contributed by atoms with Gasteiger partial charge in [-0.3, -0.25) is 4.55 Å². The van der Waals surface area contributed by atoms with Crippen LogP contribution in [0.3, 0.4) is 0 Å². The molecule has 1 rings (SSSR count). The Morgan fingerprint density at radius 3 is 2.36 bits per heavy atom. The minimum absolute atomic E-state index is 0.169. The highest BCUT2D eigenvalue weighted by Gasteiger charge is 2.02. The lowest BCUT2D eigenvalue weighted by atomic mass is 10.3. The van der Waals surface area contributed by atoms with Gasteiger partial charge in [0.2, 0.25) is 0 Å². The van der Waals surface area contributed by atoms with Crippen molar-refractivity contribution >= 4 is 21.5 Å². The highest BCUT2D eigenvalue weighted by atomic mass is 32.2. The Labute approximate surface area is 82.7 Å². The van der Waals surface area contributed by atoms with E-state index in [2.05, 4.69) is 5.32 Å². The lowest BCUT2D eigenvalue weighted by molar-refractivity contribution is 0.484. The molecular formula is C8H12N2O3S. The molecule has 0 fully saturated rings. The molecule has 1 aromatic carbocycles. The van der Waals surface area contributed by atoms with E-state index in [0.717, 1.165) is 5.69 Å². The summed E-state index contributed by atoms with van der Waals surface area (Å²) in [6, 6.07) is 6.88. The van der Waals surface area contributed by atoms with Gasteiger partial charge in [0.25, 0.3) is 10.1 Å². The number of hydrogen-bond acceptors (Lipinski definition) is 4. The van der Waals surface area contributed by atoms with Gasteiger partial charge in [-0.05, 0) is 24.3 Å². The minimum atomic E-state index is -3.89.